The number of fused-ring (bicyclic) bond motifs is 12. The molecule has 208 valence electrons. The third-order valence-electron chi connectivity index (χ3n) is 9.28. The quantitative estimate of drug-likeness (QED) is 0.200. The molecule has 0 N–H and O–H groups in total. The van der Waals surface area contributed by atoms with Gasteiger partial charge in [0.25, 0.3) is 0 Å². The molecule has 5 heterocycles. The normalized spacial score (nSPS) is 12.4. The van der Waals surface area contributed by atoms with Gasteiger partial charge in [-0.1, -0.05) is 72.8 Å². The van der Waals surface area contributed by atoms with Crippen molar-refractivity contribution in [2.45, 2.75) is 0 Å². The smallest absolute Gasteiger partial charge is 0.164 e. The van der Waals surface area contributed by atoms with E-state index in [9.17, 15) is 0 Å². The minimum atomic E-state index is 0.650. The van der Waals surface area contributed by atoms with Crippen LogP contribution in [0, 0.1) is 0 Å². The average molecular weight is 593 g/mol. The Hall–Kier alpha value is -5.85. The second-order valence-corrected chi connectivity index (χ2v) is 12.5. The van der Waals surface area contributed by atoms with Gasteiger partial charge in [0.05, 0.1) is 49.1 Å². The van der Waals surface area contributed by atoms with Crippen molar-refractivity contribution in [2.24, 2.45) is 0 Å². The van der Waals surface area contributed by atoms with Gasteiger partial charge in [-0.25, -0.2) is 15.0 Å². The van der Waals surface area contributed by atoms with Crippen LogP contribution in [0.5, 0.6) is 0 Å². The highest BCUT2D eigenvalue weighted by molar-refractivity contribution is 7.18. The number of thiazole rings is 1. The zero-order valence-corrected chi connectivity index (χ0v) is 24.5. The van der Waals surface area contributed by atoms with E-state index in [0.29, 0.717) is 5.82 Å². The van der Waals surface area contributed by atoms with Crippen LogP contribution < -0.4 is 0 Å². The Morgan fingerprint density at radius 1 is 0.600 bits per heavy atom. The van der Waals surface area contributed by atoms with Crippen LogP contribution in [0.15, 0.2) is 125 Å². The second-order valence-electron chi connectivity index (χ2n) is 11.6. The fourth-order valence-corrected chi connectivity index (χ4v) is 8.19. The molecule has 0 aliphatic carbocycles. The van der Waals surface area contributed by atoms with Crippen LogP contribution in [0.3, 0.4) is 0 Å². The van der Waals surface area contributed by atoms with E-state index in [0.717, 1.165) is 55.2 Å². The zero-order chi connectivity index (χ0) is 29.2. The Bertz CT molecular complexity index is 3000. The molecular weight excluding hydrogens is 573 g/mol. The summed E-state index contributed by atoms with van der Waals surface area (Å²) < 4.78 is 10.1. The summed E-state index contributed by atoms with van der Waals surface area (Å²) in [5.74, 6) is 0.650. The predicted molar refractivity (Wildman–Crippen MR) is 186 cm³/mol. The molecule has 45 heavy (non-hydrogen) atoms. The summed E-state index contributed by atoms with van der Waals surface area (Å²) in [7, 11) is 0. The Balaban J connectivity index is 1.22. The Morgan fingerprint density at radius 2 is 1.40 bits per heavy atom. The maximum absolute atomic E-state index is 6.39. The first-order valence-electron chi connectivity index (χ1n) is 14.9. The van der Waals surface area contributed by atoms with Crippen LogP contribution in [-0.4, -0.2) is 19.4 Å². The molecule has 0 amide bonds. The van der Waals surface area contributed by atoms with Crippen LogP contribution >= 0.6 is 11.3 Å². The van der Waals surface area contributed by atoms with E-state index in [-0.39, 0.29) is 0 Å². The summed E-state index contributed by atoms with van der Waals surface area (Å²) in [6.07, 6.45) is 0. The van der Waals surface area contributed by atoms with Crippen LogP contribution in [0.4, 0.5) is 0 Å². The first-order chi connectivity index (χ1) is 22.3. The molecule has 5 nitrogen and oxygen atoms in total. The molecule has 0 fully saturated rings. The molecule has 0 radical (unpaired) electrons. The third kappa shape index (κ3) is 3.04. The SMILES string of the molecule is c1ccc2c(-c3ccc4c(c3)c3cc5ncsc5c5c6ccccc6n4c35)nc(-c3cccc4c3oc3ccccc34)nc2c1. The largest absolute Gasteiger partial charge is 0.455 e. The fourth-order valence-electron chi connectivity index (χ4n) is 7.36. The molecule has 6 aromatic carbocycles. The Morgan fingerprint density at radius 3 is 2.36 bits per heavy atom. The summed E-state index contributed by atoms with van der Waals surface area (Å²) in [6, 6.07) is 40.3. The van der Waals surface area contributed by atoms with E-state index >= 15 is 0 Å². The van der Waals surface area contributed by atoms with Crippen molar-refractivity contribution < 1.29 is 4.42 Å². The maximum atomic E-state index is 6.39. The van der Waals surface area contributed by atoms with Gasteiger partial charge in [-0.3, -0.25) is 0 Å². The van der Waals surface area contributed by atoms with Gasteiger partial charge in [0.15, 0.2) is 5.82 Å². The summed E-state index contributed by atoms with van der Waals surface area (Å²) in [5, 5.41) is 8.12. The lowest BCUT2D eigenvalue weighted by molar-refractivity contribution is 0.669. The first kappa shape index (κ1) is 23.6. The van der Waals surface area contributed by atoms with Crippen LogP contribution in [0.25, 0.3) is 104 Å². The zero-order valence-electron chi connectivity index (χ0n) is 23.7. The predicted octanol–water partition coefficient (Wildman–Crippen LogP) is 10.6. The maximum Gasteiger partial charge on any atom is 0.164 e. The van der Waals surface area contributed by atoms with Crippen molar-refractivity contribution in [1.82, 2.24) is 19.4 Å². The highest BCUT2D eigenvalue weighted by atomic mass is 32.1. The first-order valence-corrected chi connectivity index (χ1v) is 15.8. The van der Waals surface area contributed by atoms with Crippen molar-refractivity contribution in [1.29, 1.82) is 0 Å². The standard InChI is InChI=1S/C39H20N4OS/c1-4-13-29-24(9-1)35(42-39(41-29)26-12-7-11-23-22-8-3-6-15-33(22)44-37(23)26)21-16-17-32-27(18-21)28-19-30-38(45-20-40-30)34-25-10-2-5-14-31(25)43(32)36(28)34/h1-20H. The van der Waals surface area contributed by atoms with Crippen LogP contribution in [0.1, 0.15) is 0 Å². The van der Waals surface area contributed by atoms with Gasteiger partial charge >= 0.3 is 0 Å². The lowest BCUT2D eigenvalue weighted by Crippen LogP contribution is -1.95. The summed E-state index contributed by atoms with van der Waals surface area (Å²) in [4.78, 5) is 15.1. The van der Waals surface area contributed by atoms with Gasteiger partial charge in [0.1, 0.15) is 11.2 Å². The fraction of sp³-hybridized carbons (Fsp3) is 0. The van der Waals surface area contributed by atoms with E-state index < -0.39 is 0 Å². The molecule has 0 unspecified atom stereocenters. The molecule has 6 heteroatoms. The minimum absolute atomic E-state index is 0.650. The van der Waals surface area contributed by atoms with Crippen LogP contribution in [0.2, 0.25) is 0 Å². The number of aromatic nitrogens is 4. The van der Waals surface area contributed by atoms with Gasteiger partial charge in [0.2, 0.25) is 0 Å². The summed E-state index contributed by atoms with van der Waals surface area (Å²) in [5.41, 5.74) is 12.0. The van der Waals surface area contributed by atoms with Gasteiger partial charge in [-0.15, -0.1) is 11.3 Å². The minimum Gasteiger partial charge on any atom is -0.455 e. The Labute approximate surface area is 259 Å². The summed E-state index contributed by atoms with van der Waals surface area (Å²) in [6.45, 7) is 0. The molecule has 5 aromatic heterocycles. The number of benzene rings is 6. The number of hydrogen-bond acceptors (Lipinski definition) is 5. The second kappa shape index (κ2) is 8.40. The monoisotopic (exact) mass is 592 g/mol. The molecule has 11 aromatic rings. The molecule has 0 bridgehead atoms. The van der Waals surface area contributed by atoms with E-state index in [1.54, 1.807) is 11.3 Å². The number of furan rings is 1. The highest BCUT2D eigenvalue weighted by Gasteiger charge is 2.22. The lowest BCUT2D eigenvalue weighted by Gasteiger charge is -2.10. The summed E-state index contributed by atoms with van der Waals surface area (Å²) >= 11 is 1.71. The molecular formula is C39H20N4OS. The van der Waals surface area contributed by atoms with Crippen molar-refractivity contribution in [3.8, 4) is 22.6 Å². The Kier molecular flexibility index (Phi) is 4.41. The van der Waals surface area contributed by atoms with Crippen molar-refractivity contribution in [3.05, 3.63) is 121 Å². The lowest BCUT2D eigenvalue weighted by atomic mass is 10.0. The molecule has 0 aliphatic rings. The molecule has 0 atom stereocenters. The average Bonchev–Trinajstić information content (AvgIpc) is 3.86. The van der Waals surface area contributed by atoms with E-state index in [1.165, 1.54) is 42.8 Å². The van der Waals surface area contributed by atoms with Gasteiger partial charge in [0, 0.05) is 43.3 Å². The van der Waals surface area contributed by atoms with Crippen LogP contribution in [-0.2, 0) is 0 Å². The molecule has 11 rings (SSSR count). The number of nitrogens with zero attached hydrogens (tertiary/aromatic N) is 4. The number of rotatable bonds is 2. The third-order valence-corrected chi connectivity index (χ3v) is 10.1. The van der Waals surface area contributed by atoms with E-state index in [2.05, 4.69) is 95.4 Å². The van der Waals surface area contributed by atoms with Crippen molar-refractivity contribution in [3.63, 3.8) is 0 Å². The van der Waals surface area contributed by atoms with E-state index in [1.807, 2.05) is 29.8 Å². The molecule has 0 aliphatic heterocycles. The van der Waals surface area contributed by atoms with Gasteiger partial charge in [-0.05, 0) is 42.5 Å². The molecule has 0 saturated heterocycles. The van der Waals surface area contributed by atoms with Gasteiger partial charge in [-0.2, -0.15) is 0 Å². The topological polar surface area (TPSA) is 56.2 Å². The number of para-hydroxylation sites is 4. The van der Waals surface area contributed by atoms with E-state index in [4.69, 9.17) is 19.4 Å². The van der Waals surface area contributed by atoms with Gasteiger partial charge < -0.3 is 8.82 Å². The number of hydrogen-bond donors (Lipinski definition) is 0. The molecule has 0 saturated carbocycles. The molecule has 0 spiro atoms. The van der Waals surface area contributed by atoms with Crippen molar-refractivity contribution >= 4 is 92.5 Å². The van der Waals surface area contributed by atoms with Crippen molar-refractivity contribution in [2.75, 3.05) is 0 Å². The highest BCUT2D eigenvalue weighted by Crippen LogP contribution is 2.45.